The number of halogens is 2. The first-order chi connectivity index (χ1) is 16.5. The summed E-state index contributed by atoms with van der Waals surface area (Å²) in [6.45, 7) is 3.60. The van der Waals surface area contributed by atoms with Gasteiger partial charge in [0.2, 0.25) is 5.79 Å². The van der Waals surface area contributed by atoms with E-state index in [0.717, 1.165) is 26.1 Å². The smallest absolute Gasteiger partial charge is 0.251 e. The zero-order chi connectivity index (χ0) is 24.0. The number of likely N-dealkylation sites (tertiary alicyclic amines) is 1. The molecule has 2 aromatic carbocycles. The number of benzene rings is 2. The van der Waals surface area contributed by atoms with Crippen molar-refractivity contribution in [3.63, 3.8) is 0 Å². The number of hydrogen-bond acceptors (Lipinski definition) is 6. The van der Waals surface area contributed by atoms with Gasteiger partial charge < -0.3 is 26.0 Å². The summed E-state index contributed by atoms with van der Waals surface area (Å²) in [6, 6.07) is 10.5. The van der Waals surface area contributed by atoms with Crippen molar-refractivity contribution in [2.24, 2.45) is 10.7 Å². The van der Waals surface area contributed by atoms with Gasteiger partial charge in [-0.05, 0) is 56.6 Å². The van der Waals surface area contributed by atoms with Crippen molar-refractivity contribution >= 4 is 17.8 Å². The number of piperidine rings is 1. The first-order valence-corrected chi connectivity index (χ1v) is 11.5. The van der Waals surface area contributed by atoms with Crippen molar-refractivity contribution in [3.8, 4) is 5.75 Å². The Labute approximate surface area is 197 Å². The number of nitrogens with one attached hydrogen (secondary N) is 2. The molecule has 0 bridgehead atoms. The van der Waals surface area contributed by atoms with Gasteiger partial charge in [0.05, 0.1) is 17.7 Å². The van der Waals surface area contributed by atoms with E-state index in [9.17, 15) is 13.6 Å². The van der Waals surface area contributed by atoms with Gasteiger partial charge in [-0.3, -0.25) is 4.79 Å². The third-order valence-electron chi connectivity index (χ3n) is 5.96. The van der Waals surface area contributed by atoms with Crippen LogP contribution in [0.5, 0.6) is 5.75 Å². The van der Waals surface area contributed by atoms with E-state index in [1.165, 1.54) is 49.9 Å². The zero-order valence-corrected chi connectivity index (χ0v) is 18.9. The largest absolute Gasteiger partial charge is 0.490 e. The summed E-state index contributed by atoms with van der Waals surface area (Å²) in [5, 5.41) is 5.95. The van der Waals surface area contributed by atoms with Crippen molar-refractivity contribution in [2.75, 3.05) is 31.6 Å². The SMILES string of the molecule is NC(=O)C1=CNC(Nc2ccc(OCCCN3CCCCC3)c(F)c2)(c2ccccc2F)N=C1. The fourth-order valence-corrected chi connectivity index (χ4v) is 4.15. The highest BCUT2D eigenvalue weighted by molar-refractivity contribution is 6.11. The van der Waals surface area contributed by atoms with Gasteiger partial charge in [-0.25, -0.2) is 13.8 Å². The number of hydrogen-bond donors (Lipinski definition) is 3. The average Bonchev–Trinajstić information content (AvgIpc) is 2.84. The number of ether oxygens (including phenoxy) is 1. The van der Waals surface area contributed by atoms with Gasteiger partial charge in [0, 0.05) is 30.7 Å². The maximum Gasteiger partial charge on any atom is 0.251 e. The Balaban J connectivity index is 1.45. The highest BCUT2D eigenvalue weighted by Crippen LogP contribution is 2.31. The number of anilines is 1. The van der Waals surface area contributed by atoms with Gasteiger partial charge in [0.15, 0.2) is 11.6 Å². The molecular weight excluding hydrogens is 440 g/mol. The van der Waals surface area contributed by atoms with Crippen molar-refractivity contribution < 1.29 is 18.3 Å². The second kappa shape index (κ2) is 10.6. The van der Waals surface area contributed by atoms with Crippen LogP contribution >= 0.6 is 0 Å². The van der Waals surface area contributed by atoms with Gasteiger partial charge in [-0.15, -0.1) is 0 Å². The lowest BCUT2D eigenvalue weighted by Crippen LogP contribution is -2.48. The number of amides is 1. The molecule has 1 atom stereocenters. The molecule has 1 unspecified atom stereocenters. The Morgan fingerprint density at radius 1 is 1.15 bits per heavy atom. The van der Waals surface area contributed by atoms with Crippen LogP contribution in [-0.4, -0.2) is 43.3 Å². The predicted octanol–water partition coefficient (Wildman–Crippen LogP) is 3.49. The molecule has 0 aliphatic carbocycles. The number of rotatable bonds is 9. The van der Waals surface area contributed by atoms with Crippen LogP contribution in [0.3, 0.4) is 0 Å². The molecule has 1 fully saturated rings. The van der Waals surface area contributed by atoms with E-state index in [0.29, 0.717) is 12.3 Å². The fourth-order valence-electron chi connectivity index (χ4n) is 4.15. The molecule has 0 aromatic heterocycles. The lowest BCUT2D eigenvalue weighted by molar-refractivity contribution is -0.114. The first-order valence-electron chi connectivity index (χ1n) is 11.5. The number of carbonyl (C=O) groups is 1. The van der Waals surface area contributed by atoms with Crippen LogP contribution < -0.4 is 21.1 Å². The van der Waals surface area contributed by atoms with Gasteiger partial charge in [-0.2, -0.15) is 0 Å². The number of carbonyl (C=O) groups excluding carboxylic acids is 1. The van der Waals surface area contributed by atoms with Crippen LogP contribution in [0.1, 0.15) is 31.2 Å². The van der Waals surface area contributed by atoms with E-state index >= 15 is 0 Å². The molecule has 0 radical (unpaired) electrons. The number of nitrogens with zero attached hydrogens (tertiary/aromatic N) is 2. The van der Waals surface area contributed by atoms with Gasteiger partial charge in [0.1, 0.15) is 5.82 Å². The van der Waals surface area contributed by atoms with E-state index in [1.807, 2.05) is 0 Å². The summed E-state index contributed by atoms with van der Waals surface area (Å²) >= 11 is 0. The molecule has 0 saturated carbocycles. The molecule has 7 nitrogen and oxygen atoms in total. The van der Waals surface area contributed by atoms with Crippen LogP contribution in [0.25, 0.3) is 0 Å². The van der Waals surface area contributed by atoms with Crippen LogP contribution in [0, 0.1) is 11.6 Å². The van der Waals surface area contributed by atoms with Gasteiger partial charge in [0.25, 0.3) is 5.91 Å². The Morgan fingerprint density at radius 2 is 1.94 bits per heavy atom. The molecule has 1 amide bonds. The van der Waals surface area contributed by atoms with E-state index in [2.05, 4.69) is 20.5 Å². The molecule has 34 heavy (non-hydrogen) atoms. The number of aliphatic imine (C=N–C) groups is 1. The molecule has 4 rings (SSSR count). The molecular formula is C25H29F2N5O2. The summed E-state index contributed by atoms with van der Waals surface area (Å²) in [6.07, 6.45) is 7.19. The Morgan fingerprint density at radius 3 is 2.62 bits per heavy atom. The third kappa shape index (κ3) is 5.53. The van der Waals surface area contributed by atoms with Crippen molar-refractivity contribution in [1.82, 2.24) is 10.2 Å². The van der Waals surface area contributed by atoms with E-state index in [1.54, 1.807) is 24.3 Å². The summed E-state index contributed by atoms with van der Waals surface area (Å²) in [5.74, 6) is -3.08. The zero-order valence-electron chi connectivity index (χ0n) is 18.9. The van der Waals surface area contributed by atoms with Crippen LogP contribution in [0.4, 0.5) is 14.5 Å². The Kier molecular flexibility index (Phi) is 7.42. The monoisotopic (exact) mass is 469 g/mol. The maximum atomic E-state index is 14.8. The molecule has 2 aromatic rings. The normalized spacial score (nSPS) is 20.4. The Hall–Kier alpha value is -3.46. The summed E-state index contributed by atoms with van der Waals surface area (Å²) in [4.78, 5) is 18.2. The minimum atomic E-state index is -1.49. The molecule has 180 valence electrons. The van der Waals surface area contributed by atoms with Crippen molar-refractivity contribution in [2.45, 2.75) is 31.5 Å². The predicted molar refractivity (Wildman–Crippen MR) is 127 cm³/mol. The van der Waals surface area contributed by atoms with Gasteiger partial charge in [-0.1, -0.05) is 18.6 Å². The Bertz CT molecular complexity index is 1080. The summed E-state index contributed by atoms with van der Waals surface area (Å²) in [5.41, 5.74) is 5.96. The van der Waals surface area contributed by atoms with Crippen LogP contribution in [0.2, 0.25) is 0 Å². The third-order valence-corrected chi connectivity index (χ3v) is 5.96. The minimum Gasteiger partial charge on any atom is -0.490 e. The summed E-state index contributed by atoms with van der Waals surface area (Å²) in [7, 11) is 0. The second-order valence-electron chi connectivity index (χ2n) is 8.43. The van der Waals surface area contributed by atoms with E-state index in [-0.39, 0.29) is 16.9 Å². The summed E-state index contributed by atoms with van der Waals surface area (Å²) < 4.78 is 35.1. The number of primary amides is 1. The average molecular weight is 470 g/mol. The standard InChI is InChI=1S/C25H29F2N5O2/c26-21-8-3-2-7-20(21)25(29-16-18(17-30-25)24(28)33)31-19-9-10-23(22(27)15-19)34-14-6-13-32-11-4-1-5-12-32/h2-3,7-10,15-17,29,31H,1,4-6,11-14H2,(H2,28,33). The lowest BCUT2D eigenvalue weighted by Gasteiger charge is -2.35. The minimum absolute atomic E-state index is 0.133. The quantitative estimate of drug-likeness (QED) is 0.489. The lowest BCUT2D eigenvalue weighted by atomic mass is 10.0. The van der Waals surface area contributed by atoms with Gasteiger partial charge >= 0.3 is 0 Å². The van der Waals surface area contributed by atoms with Crippen molar-refractivity contribution in [3.05, 3.63) is 71.4 Å². The second-order valence-corrected chi connectivity index (χ2v) is 8.43. The highest BCUT2D eigenvalue weighted by Gasteiger charge is 2.35. The molecule has 0 spiro atoms. The van der Waals surface area contributed by atoms with Crippen molar-refractivity contribution in [1.29, 1.82) is 0 Å². The fraction of sp³-hybridized carbons (Fsp3) is 0.360. The molecule has 9 heteroatoms. The molecule has 2 aliphatic heterocycles. The first kappa shape index (κ1) is 23.7. The number of nitrogens with two attached hydrogens (primary N) is 1. The highest BCUT2D eigenvalue weighted by atomic mass is 19.1. The van der Waals surface area contributed by atoms with Crippen LogP contribution in [0.15, 0.2) is 59.2 Å². The maximum absolute atomic E-state index is 14.8. The molecule has 2 aliphatic rings. The molecule has 1 saturated heterocycles. The van der Waals surface area contributed by atoms with Crippen LogP contribution in [-0.2, 0) is 10.6 Å². The van der Waals surface area contributed by atoms with E-state index < -0.39 is 23.3 Å². The molecule has 4 N–H and O–H groups in total. The molecule has 2 heterocycles. The van der Waals surface area contributed by atoms with E-state index in [4.69, 9.17) is 10.5 Å². The topological polar surface area (TPSA) is 92.0 Å².